The van der Waals surface area contributed by atoms with E-state index in [1.54, 1.807) is 7.11 Å². The molecule has 7 heteroatoms. The quantitative estimate of drug-likeness (QED) is 0.573. The number of hydrogen-bond acceptors (Lipinski definition) is 7. The Morgan fingerprint density at radius 2 is 1.84 bits per heavy atom. The fourth-order valence-electron chi connectivity index (χ4n) is 4.06. The van der Waals surface area contributed by atoms with E-state index in [0.717, 1.165) is 57.1 Å². The topological polar surface area (TPSA) is 61.3 Å². The maximum Gasteiger partial charge on any atom is 0.161 e. The van der Waals surface area contributed by atoms with Crippen LogP contribution in [-0.4, -0.2) is 90.9 Å². The lowest BCUT2D eigenvalue weighted by molar-refractivity contribution is 0.0464. The first kappa shape index (κ1) is 24.5. The van der Waals surface area contributed by atoms with Crippen LogP contribution in [0.1, 0.15) is 23.7 Å². The van der Waals surface area contributed by atoms with Gasteiger partial charge in [0.15, 0.2) is 11.5 Å². The van der Waals surface area contributed by atoms with Crippen LogP contribution in [0.5, 0.6) is 11.5 Å². The molecule has 0 radical (unpaired) electrons. The summed E-state index contributed by atoms with van der Waals surface area (Å²) in [6.45, 7) is 11.9. The zero-order valence-corrected chi connectivity index (χ0v) is 20.0. The highest BCUT2D eigenvalue weighted by Gasteiger charge is 2.19. The van der Waals surface area contributed by atoms with Crippen molar-refractivity contribution in [1.29, 1.82) is 0 Å². The van der Waals surface area contributed by atoms with Crippen LogP contribution in [0, 0.1) is 6.92 Å². The Bertz CT molecular complexity index is 840. The lowest BCUT2D eigenvalue weighted by Crippen LogP contribution is -2.49. The number of methoxy groups -OCH3 is 1. The molecule has 0 amide bonds. The minimum Gasteiger partial charge on any atom is -0.493 e. The van der Waals surface area contributed by atoms with Gasteiger partial charge in [-0.3, -0.25) is 14.8 Å². The SMILES string of the molecule is CCN1CCN(CC(O)COc2ccc(CN(C)Cc3ncccc3C)cc2OC)CC1. The van der Waals surface area contributed by atoms with Crippen LogP contribution in [0.15, 0.2) is 36.5 Å². The molecule has 32 heavy (non-hydrogen) atoms. The predicted molar refractivity (Wildman–Crippen MR) is 127 cm³/mol. The average Bonchev–Trinajstić information content (AvgIpc) is 2.80. The molecule has 1 N–H and O–H groups in total. The summed E-state index contributed by atoms with van der Waals surface area (Å²) >= 11 is 0. The molecule has 1 saturated heterocycles. The number of aromatic nitrogens is 1. The molecule has 1 aromatic heterocycles. The fourth-order valence-corrected chi connectivity index (χ4v) is 4.06. The fraction of sp³-hybridized carbons (Fsp3) is 0.560. The number of likely N-dealkylation sites (N-methyl/N-ethyl adjacent to an activating group) is 1. The molecule has 1 aliphatic heterocycles. The van der Waals surface area contributed by atoms with Crippen molar-refractivity contribution in [1.82, 2.24) is 19.7 Å². The molecule has 2 aromatic rings. The summed E-state index contributed by atoms with van der Waals surface area (Å²) in [6.07, 6.45) is 1.31. The van der Waals surface area contributed by atoms with Crippen molar-refractivity contribution in [3.8, 4) is 11.5 Å². The molecule has 3 rings (SSSR count). The van der Waals surface area contributed by atoms with E-state index in [1.807, 2.05) is 24.4 Å². The van der Waals surface area contributed by atoms with Crippen molar-refractivity contribution in [2.75, 3.05) is 60.0 Å². The Labute approximate surface area is 192 Å². The molecule has 0 spiro atoms. The first-order chi connectivity index (χ1) is 15.5. The highest BCUT2D eigenvalue weighted by atomic mass is 16.5. The number of nitrogens with zero attached hydrogens (tertiary/aromatic N) is 4. The van der Waals surface area contributed by atoms with Crippen LogP contribution < -0.4 is 9.47 Å². The van der Waals surface area contributed by atoms with Crippen molar-refractivity contribution in [2.45, 2.75) is 33.0 Å². The van der Waals surface area contributed by atoms with Gasteiger partial charge in [0, 0.05) is 52.0 Å². The van der Waals surface area contributed by atoms with Crippen molar-refractivity contribution in [3.05, 3.63) is 53.3 Å². The zero-order valence-electron chi connectivity index (χ0n) is 20.0. The van der Waals surface area contributed by atoms with Crippen molar-refractivity contribution >= 4 is 0 Å². The van der Waals surface area contributed by atoms with Crippen LogP contribution in [0.2, 0.25) is 0 Å². The van der Waals surface area contributed by atoms with E-state index in [4.69, 9.17) is 9.47 Å². The van der Waals surface area contributed by atoms with Gasteiger partial charge in [-0.05, 0) is 49.8 Å². The minimum atomic E-state index is -0.527. The summed E-state index contributed by atoms with van der Waals surface area (Å²) in [5.74, 6) is 1.35. The van der Waals surface area contributed by atoms with E-state index in [-0.39, 0.29) is 6.61 Å². The normalized spacial score (nSPS) is 16.3. The predicted octanol–water partition coefficient (Wildman–Crippen LogP) is 2.41. The minimum absolute atomic E-state index is 0.253. The molecule has 176 valence electrons. The third kappa shape index (κ3) is 7.17. The molecule has 1 fully saturated rings. The first-order valence-corrected chi connectivity index (χ1v) is 11.5. The van der Waals surface area contributed by atoms with Crippen LogP contribution in [-0.2, 0) is 13.1 Å². The van der Waals surface area contributed by atoms with Crippen molar-refractivity contribution in [3.63, 3.8) is 0 Å². The summed E-state index contributed by atoms with van der Waals surface area (Å²) in [7, 11) is 3.73. The Morgan fingerprint density at radius 1 is 1.09 bits per heavy atom. The molecule has 1 aliphatic rings. The lowest BCUT2D eigenvalue weighted by Gasteiger charge is -2.34. The number of benzene rings is 1. The number of piperazine rings is 1. The van der Waals surface area contributed by atoms with Gasteiger partial charge in [-0.2, -0.15) is 0 Å². The number of hydrogen-bond donors (Lipinski definition) is 1. The lowest BCUT2D eigenvalue weighted by atomic mass is 10.1. The number of aliphatic hydroxyl groups is 1. The first-order valence-electron chi connectivity index (χ1n) is 11.5. The molecule has 1 unspecified atom stereocenters. The Morgan fingerprint density at radius 3 is 2.53 bits per heavy atom. The summed E-state index contributed by atoms with van der Waals surface area (Å²) in [6, 6.07) is 10.0. The second kappa shape index (κ2) is 12.2. The van der Waals surface area contributed by atoms with E-state index in [9.17, 15) is 5.11 Å². The summed E-state index contributed by atoms with van der Waals surface area (Å²) in [4.78, 5) is 11.4. The second-order valence-electron chi connectivity index (χ2n) is 8.62. The molecule has 1 atom stereocenters. The van der Waals surface area contributed by atoms with Gasteiger partial charge in [0.05, 0.1) is 12.8 Å². The third-order valence-corrected chi connectivity index (χ3v) is 6.03. The van der Waals surface area contributed by atoms with Crippen molar-refractivity contribution < 1.29 is 14.6 Å². The Balaban J connectivity index is 1.49. The number of β-amino-alcohol motifs (C(OH)–C–C–N with tert-alkyl or cyclic N) is 1. The Kier molecular flexibility index (Phi) is 9.29. The van der Waals surface area contributed by atoms with Crippen LogP contribution in [0.4, 0.5) is 0 Å². The molecular formula is C25H38N4O3. The molecular weight excluding hydrogens is 404 g/mol. The van der Waals surface area contributed by atoms with Gasteiger partial charge in [-0.25, -0.2) is 0 Å². The van der Waals surface area contributed by atoms with Crippen LogP contribution >= 0.6 is 0 Å². The van der Waals surface area contributed by atoms with Crippen LogP contribution in [0.3, 0.4) is 0 Å². The Hall–Kier alpha value is -2.19. The van der Waals surface area contributed by atoms with Gasteiger partial charge in [-0.1, -0.05) is 19.1 Å². The number of aliphatic hydroxyl groups excluding tert-OH is 1. The summed E-state index contributed by atoms with van der Waals surface area (Å²) < 4.78 is 11.5. The maximum absolute atomic E-state index is 10.5. The van der Waals surface area contributed by atoms with Gasteiger partial charge in [0.2, 0.25) is 0 Å². The largest absolute Gasteiger partial charge is 0.493 e. The zero-order chi connectivity index (χ0) is 22.9. The molecule has 7 nitrogen and oxygen atoms in total. The maximum atomic E-state index is 10.5. The van der Waals surface area contributed by atoms with E-state index < -0.39 is 6.10 Å². The van der Waals surface area contributed by atoms with Crippen LogP contribution in [0.25, 0.3) is 0 Å². The third-order valence-electron chi connectivity index (χ3n) is 6.03. The van der Waals surface area contributed by atoms with Gasteiger partial charge in [-0.15, -0.1) is 0 Å². The highest BCUT2D eigenvalue weighted by Crippen LogP contribution is 2.29. The molecule has 0 bridgehead atoms. The van der Waals surface area contributed by atoms with Crippen molar-refractivity contribution in [2.24, 2.45) is 0 Å². The second-order valence-corrected chi connectivity index (χ2v) is 8.62. The molecule has 2 heterocycles. The summed E-state index contributed by atoms with van der Waals surface area (Å²) in [5, 5.41) is 10.5. The number of aryl methyl sites for hydroxylation is 1. The number of rotatable bonds is 11. The molecule has 0 aliphatic carbocycles. The smallest absolute Gasteiger partial charge is 0.161 e. The molecule has 0 saturated carbocycles. The number of pyridine rings is 1. The summed E-state index contributed by atoms with van der Waals surface area (Å²) in [5.41, 5.74) is 3.43. The van der Waals surface area contributed by atoms with Gasteiger partial charge in [0.25, 0.3) is 0 Å². The van der Waals surface area contributed by atoms with E-state index in [0.29, 0.717) is 18.0 Å². The average molecular weight is 443 g/mol. The van der Waals surface area contributed by atoms with E-state index >= 15 is 0 Å². The monoisotopic (exact) mass is 442 g/mol. The van der Waals surface area contributed by atoms with Gasteiger partial charge in [0.1, 0.15) is 12.7 Å². The highest BCUT2D eigenvalue weighted by molar-refractivity contribution is 5.43. The van der Waals surface area contributed by atoms with Gasteiger partial charge < -0.3 is 19.5 Å². The molecule has 1 aromatic carbocycles. The standard InChI is InChI=1S/C25H38N4O3/c1-5-28-11-13-29(14-12-28)17-22(30)19-32-24-9-8-21(15-25(24)31-4)16-27(3)18-23-20(2)7-6-10-26-23/h6-10,15,22,30H,5,11-14,16-19H2,1-4H3. The number of ether oxygens (including phenoxy) is 2. The van der Waals surface area contributed by atoms with E-state index in [2.05, 4.69) is 52.7 Å². The van der Waals surface area contributed by atoms with E-state index in [1.165, 1.54) is 5.56 Å². The van der Waals surface area contributed by atoms with Gasteiger partial charge >= 0.3 is 0 Å².